The molecule has 0 radical (unpaired) electrons. The number of aliphatic carboxylic acids is 1. The van der Waals surface area contributed by atoms with Crippen LogP contribution in [0.15, 0.2) is 24.4 Å². The molecule has 7 heteroatoms. The largest absolute Gasteiger partial charge is 0.478 e. The number of carboxylic acid groups (broad SMARTS) is 1. The van der Waals surface area contributed by atoms with Gasteiger partial charge in [0.05, 0.1) is 6.54 Å². The molecule has 0 bridgehead atoms. The number of nitrogens with one attached hydrogen (secondary N) is 1. The summed E-state index contributed by atoms with van der Waals surface area (Å²) in [5, 5.41) is 10.4. The van der Waals surface area contributed by atoms with E-state index in [4.69, 9.17) is 5.11 Å². The van der Waals surface area contributed by atoms with Gasteiger partial charge in [-0.05, 0) is 17.7 Å². The summed E-state index contributed by atoms with van der Waals surface area (Å²) in [5.74, 6) is -1.81. The third-order valence-corrected chi connectivity index (χ3v) is 1.85. The van der Waals surface area contributed by atoms with Gasteiger partial charge >= 0.3 is 5.97 Å². The van der Waals surface area contributed by atoms with Gasteiger partial charge in [0.25, 0.3) is 12.3 Å². The molecule has 96 valence electrons. The van der Waals surface area contributed by atoms with E-state index in [0.717, 1.165) is 6.08 Å². The monoisotopic (exact) mass is 256 g/mol. The molecule has 0 saturated heterocycles. The summed E-state index contributed by atoms with van der Waals surface area (Å²) in [7, 11) is 0. The van der Waals surface area contributed by atoms with Gasteiger partial charge in [0.1, 0.15) is 5.69 Å². The molecule has 5 nitrogen and oxygen atoms in total. The maximum Gasteiger partial charge on any atom is 0.328 e. The first kappa shape index (κ1) is 13.8. The van der Waals surface area contributed by atoms with E-state index in [1.54, 1.807) is 0 Å². The Bertz CT molecular complexity index is 458. The van der Waals surface area contributed by atoms with Gasteiger partial charge < -0.3 is 10.4 Å². The first-order valence-corrected chi connectivity index (χ1v) is 4.92. The van der Waals surface area contributed by atoms with E-state index in [0.29, 0.717) is 5.56 Å². The summed E-state index contributed by atoms with van der Waals surface area (Å²) in [5.41, 5.74) is 0.478. The van der Waals surface area contributed by atoms with Crippen LogP contribution in [0.1, 0.15) is 16.1 Å². The maximum absolute atomic E-state index is 11.9. The van der Waals surface area contributed by atoms with Crippen molar-refractivity contribution < 1.29 is 23.5 Å². The van der Waals surface area contributed by atoms with Gasteiger partial charge in [-0.3, -0.25) is 9.78 Å². The molecule has 0 atom stereocenters. The highest BCUT2D eigenvalue weighted by Crippen LogP contribution is 2.03. The molecule has 0 spiro atoms. The zero-order valence-electron chi connectivity index (χ0n) is 9.14. The average Bonchev–Trinajstić information content (AvgIpc) is 2.34. The molecule has 0 aliphatic rings. The molecular weight excluding hydrogens is 246 g/mol. The van der Waals surface area contributed by atoms with Gasteiger partial charge in [0.2, 0.25) is 0 Å². The fraction of sp³-hybridized carbons (Fsp3) is 0.182. The molecule has 0 aliphatic carbocycles. The molecule has 0 aliphatic heterocycles. The lowest BCUT2D eigenvalue weighted by atomic mass is 10.2. The lowest BCUT2D eigenvalue weighted by Gasteiger charge is -2.03. The fourth-order valence-corrected chi connectivity index (χ4v) is 1.07. The van der Waals surface area contributed by atoms with E-state index < -0.39 is 24.8 Å². The van der Waals surface area contributed by atoms with Crippen LogP contribution in [-0.4, -0.2) is 34.9 Å². The number of nitrogens with zero attached hydrogens (tertiary/aromatic N) is 1. The van der Waals surface area contributed by atoms with Gasteiger partial charge in [-0.1, -0.05) is 6.07 Å². The van der Waals surface area contributed by atoms with Crippen molar-refractivity contribution in [3.63, 3.8) is 0 Å². The minimum absolute atomic E-state index is 0.0110. The van der Waals surface area contributed by atoms with Gasteiger partial charge in [-0.15, -0.1) is 0 Å². The normalized spacial score (nSPS) is 10.8. The minimum Gasteiger partial charge on any atom is -0.478 e. The average molecular weight is 256 g/mol. The van der Waals surface area contributed by atoms with Crippen molar-refractivity contribution in [2.24, 2.45) is 0 Å². The second-order valence-electron chi connectivity index (χ2n) is 3.25. The zero-order valence-corrected chi connectivity index (χ0v) is 9.14. The highest BCUT2D eigenvalue weighted by molar-refractivity contribution is 5.92. The van der Waals surface area contributed by atoms with Crippen LogP contribution in [-0.2, 0) is 4.79 Å². The SMILES string of the molecule is O=C(O)/C=C/c1ccc(C(=O)NCC(F)F)nc1. The first-order chi connectivity index (χ1) is 8.49. The molecule has 2 N–H and O–H groups in total. The van der Waals surface area contributed by atoms with Crippen LogP contribution >= 0.6 is 0 Å². The second kappa shape index (κ2) is 6.43. The van der Waals surface area contributed by atoms with Crippen molar-refractivity contribution in [3.8, 4) is 0 Å². The highest BCUT2D eigenvalue weighted by Gasteiger charge is 2.09. The van der Waals surface area contributed by atoms with Crippen molar-refractivity contribution in [2.75, 3.05) is 6.54 Å². The van der Waals surface area contributed by atoms with Gasteiger partial charge in [-0.25, -0.2) is 13.6 Å². The minimum atomic E-state index is -2.62. The van der Waals surface area contributed by atoms with Crippen LogP contribution in [0.5, 0.6) is 0 Å². The molecule has 0 aromatic carbocycles. The summed E-state index contributed by atoms with van der Waals surface area (Å²) in [4.78, 5) is 25.3. The molecule has 1 rings (SSSR count). The molecular formula is C11H10F2N2O3. The van der Waals surface area contributed by atoms with Crippen LogP contribution in [0.2, 0.25) is 0 Å². The standard InChI is InChI=1S/C11H10F2N2O3/c12-9(13)6-15-11(18)8-3-1-7(5-14-8)2-4-10(16)17/h1-5,9H,6H2,(H,15,18)(H,16,17)/b4-2+. The third-order valence-electron chi connectivity index (χ3n) is 1.85. The lowest BCUT2D eigenvalue weighted by Crippen LogP contribution is -2.29. The van der Waals surface area contributed by atoms with Gasteiger partial charge in [0, 0.05) is 12.3 Å². The van der Waals surface area contributed by atoms with Crippen LogP contribution in [0, 0.1) is 0 Å². The number of carboxylic acids is 1. The number of pyridine rings is 1. The van der Waals surface area contributed by atoms with Crippen molar-refractivity contribution in [3.05, 3.63) is 35.7 Å². The highest BCUT2D eigenvalue weighted by atomic mass is 19.3. The van der Waals surface area contributed by atoms with Crippen molar-refractivity contribution in [1.82, 2.24) is 10.3 Å². The number of hydrogen-bond acceptors (Lipinski definition) is 3. The Hall–Kier alpha value is -2.31. The quantitative estimate of drug-likeness (QED) is 0.775. The summed E-state index contributed by atoms with van der Waals surface area (Å²) < 4.78 is 23.7. The summed E-state index contributed by atoms with van der Waals surface area (Å²) in [6.07, 6.45) is 0.882. The van der Waals surface area contributed by atoms with E-state index in [-0.39, 0.29) is 5.69 Å². The predicted molar refractivity (Wildman–Crippen MR) is 59.2 cm³/mol. The van der Waals surface area contributed by atoms with Crippen LogP contribution < -0.4 is 5.32 Å². The Labute approximate surface area is 101 Å². The summed E-state index contributed by atoms with van der Waals surface area (Å²) in [6.45, 7) is -0.735. The zero-order chi connectivity index (χ0) is 13.5. The van der Waals surface area contributed by atoms with Gasteiger partial charge in [-0.2, -0.15) is 0 Å². The number of carbonyl (C=O) groups excluding carboxylic acids is 1. The van der Waals surface area contributed by atoms with Crippen molar-refractivity contribution in [2.45, 2.75) is 6.43 Å². The molecule has 1 aromatic heterocycles. The van der Waals surface area contributed by atoms with E-state index in [2.05, 4.69) is 4.98 Å². The smallest absolute Gasteiger partial charge is 0.328 e. The van der Waals surface area contributed by atoms with Crippen molar-refractivity contribution in [1.29, 1.82) is 0 Å². The first-order valence-electron chi connectivity index (χ1n) is 4.92. The number of alkyl halides is 2. The Kier molecular flexibility index (Phi) is 4.91. The molecule has 18 heavy (non-hydrogen) atoms. The van der Waals surface area contributed by atoms with E-state index >= 15 is 0 Å². The molecule has 0 unspecified atom stereocenters. The Morgan fingerprint density at radius 1 is 1.44 bits per heavy atom. The van der Waals surface area contributed by atoms with Crippen molar-refractivity contribution >= 4 is 18.0 Å². The second-order valence-corrected chi connectivity index (χ2v) is 3.25. The predicted octanol–water partition coefficient (Wildman–Crippen LogP) is 1.17. The van der Waals surface area contributed by atoms with E-state index in [1.807, 2.05) is 5.32 Å². The third kappa shape index (κ3) is 4.69. The molecule has 1 aromatic rings. The number of hydrogen-bond donors (Lipinski definition) is 2. The van der Waals surface area contributed by atoms with Crippen LogP contribution in [0.25, 0.3) is 6.08 Å². The molecule has 0 fully saturated rings. The Morgan fingerprint density at radius 2 is 2.17 bits per heavy atom. The Balaban J connectivity index is 2.65. The van der Waals surface area contributed by atoms with E-state index in [1.165, 1.54) is 24.4 Å². The number of amides is 1. The fourth-order valence-electron chi connectivity index (χ4n) is 1.07. The number of halogens is 2. The molecule has 0 saturated carbocycles. The summed E-state index contributed by atoms with van der Waals surface area (Å²) in [6, 6.07) is 2.78. The maximum atomic E-state index is 11.9. The Morgan fingerprint density at radius 3 is 2.67 bits per heavy atom. The molecule has 1 heterocycles. The summed E-state index contributed by atoms with van der Waals surface area (Å²) >= 11 is 0. The number of carbonyl (C=O) groups is 2. The number of rotatable bonds is 5. The van der Waals surface area contributed by atoms with Gasteiger partial charge in [0.15, 0.2) is 0 Å². The van der Waals surface area contributed by atoms with E-state index in [9.17, 15) is 18.4 Å². The lowest BCUT2D eigenvalue weighted by molar-refractivity contribution is -0.131. The van der Waals surface area contributed by atoms with Crippen LogP contribution in [0.3, 0.4) is 0 Å². The van der Waals surface area contributed by atoms with Crippen LogP contribution in [0.4, 0.5) is 8.78 Å². The molecule has 1 amide bonds. The number of aromatic nitrogens is 1. The topological polar surface area (TPSA) is 79.3 Å².